The van der Waals surface area contributed by atoms with Gasteiger partial charge in [0.1, 0.15) is 0 Å². The van der Waals surface area contributed by atoms with Gasteiger partial charge in [-0.05, 0) is 28.1 Å². The highest BCUT2D eigenvalue weighted by Gasteiger charge is 2.33. The number of benzene rings is 1. The number of hydrogen-bond donors (Lipinski definition) is 1. The summed E-state index contributed by atoms with van der Waals surface area (Å²) in [4.78, 5) is 0. The molecule has 0 aromatic heterocycles. The van der Waals surface area contributed by atoms with Crippen molar-refractivity contribution in [2.24, 2.45) is 0 Å². The largest absolute Gasteiger partial charge is 0.573 e. The molecule has 14 heavy (non-hydrogen) atoms. The molecular weight excluding hydrogens is 270 g/mol. The van der Waals surface area contributed by atoms with Crippen molar-refractivity contribution in [3.05, 3.63) is 22.4 Å². The van der Waals surface area contributed by atoms with E-state index in [0.717, 1.165) is 12.1 Å². The molecule has 0 aliphatic heterocycles. The van der Waals surface area contributed by atoms with Crippen LogP contribution in [-0.4, -0.2) is 6.36 Å². The van der Waals surface area contributed by atoms with Gasteiger partial charge in [-0.15, -0.1) is 13.2 Å². The van der Waals surface area contributed by atoms with E-state index in [-0.39, 0.29) is 10.2 Å². The lowest BCUT2D eigenvalue weighted by Crippen LogP contribution is -2.18. The minimum atomic E-state index is -4.95. The van der Waals surface area contributed by atoms with Crippen molar-refractivity contribution in [3.63, 3.8) is 0 Å². The fourth-order valence-corrected chi connectivity index (χ4v) is 1.16. The maximum absolute atomic E-state index is 12.9. The topological polar surface area (TPSA) is 35.2 Å². The molecule has 0 unspecified atom stereocenters. The van der Waals surface area contributed by atoms with Gasteiger partial charge in [-0.25, -0.2) is 4.39 Å². The molecule has 0 amide bonds. The van der Waals surface area contributed by atoms with Crippen molar-refractivity contribution < 1.29 is 22.3 Å². The minimum Gasteiger partial charge on any atom is -0.401 e. The van der Waals surface area contributed by atoms with Crippen LogP contribution in [0.3, 0.4) is 0 Å². The van der Waals surface area contributed by atoms with Crippen molar-refractivity contribution in [2.75, 3.05) is 5.73 Å². The van der Waals surface area contributed by atoms with Crippen LogP contribution in [-0.2, 0) is 0 Å². The van der Waals surface area contributed by atoms with Crippen LogP contribution in [0.5, 0.6) is 5.75 Å². The molecule has 78 valence electrons. The normalized spacial score (nSPS) is 11.5. The monoisotopic (exact) mass is 273 g/mol. The molecule has 0 radical (unpaired) electrons. The van der Waals surface area contributed by atoms with E-state index in [1.807, 2.05) is 0 Å². The van der Waals surface area contributed by atoms with Crippen LogP contribution in [0, 0.1) is 5.82 Å². The van der Waals surface area contributed by atoms with E-state index in [9.17, 15) is 17.6 Å². The molecule has 0 fully saturated rings. The van der Waals surface area contributed by atoms with E-state index in [0.29, 0.717) is 0 Å². The van der Waals surface area contributed by atoms with Gasteiger partial charge in [0.15, 0.2) is 11.6 Å². The zero-order chi connectivity index (χ0) is 10.9. The SMILES string of the molecule is Nc1ccc(F)c(OC(F)(F)F)c1Br. The third-order valence-electron chi connectivity index (χ3n) is 1.30. The molecule has 1 aromatic rings. The fraction of sp³-hybridized carbons (Fsp3) is 0.143. The molecule has 0 aliphatic carbocycles. The van der Waals surface area contributed by atoms with Crippen molar-refractivity contribution in [1.82, 2.24) is 0 Å². The molecule has 2 N–H and O–H groups in total. The Morgan fingerprint density at radius 3 is 2.36 bits per heavy atom. The standard InChI is InChI=1S/C7H4BrF4NO/c8-5-4(13)2-1-3(9)6(5)14-7(10,11)12/h1-2H,13H2. The summed E-state index contributed by atoms with van der Waals surface area (Å²) < 4.78 is 51.4. The van der Waals surface area contributed by atoms with Gasteiger partial charge in [0.2, 0.25) is 0 Å². The minimum absolute atomic E-state index is 0.0364. The predicted octanol–water partition coefficient (Wildman–Crippen LogP) is 3.07. The zero-order valence-electron chi connectivity index (χ0n) is 6.53. The van der Waals surface area contributed by atoms with Crippen molar-refractivity contribution in [2.45, 2.75) is 6.36 Å². The first-order valence-electron chi connectivity index (χ1n) is 3.30. The quantitative estimate of drug-likeness (QED) is 0.631. The number of hydrogen-bond acceptors (Lipinski definition) is 2. The highest BCUT2D eigenvalue weighted by Crippen LogP contribution is 2.36. The van der Waals surface area contributed by atoms with Crippen LogP contribution >= 0.6 is 15.9 Å². The van der Waals surface area contributed by atoms with E-state index in [1.165, 1.54) is 0 Å². The first kappa shape index (κ1) is 11.1. The predicted molar refractivity (Wildman–Crippen MR) is 45.2 cm³/mol. The maximum atomic E-state index is 12.9. The fourth-order valence-electron chi connectivity index (χ4n) is 0.757. The molecular formula is C7H4BrF4NO. The van der Waals surface area contributed by atoms with E-state index >= 15 is 0 Å². The Kier molecular flexibility index (Phi) is 2.89. The summed E-state index contributed by atoms with van der Waals surface area (Å²) in [6.07, 6.45) is -4.95. The van der Waals surface area contributed by atoms with Crippen LogP contribution in [0.4, 0.5) is 23.2 Å². The highest BCUT2D eigenvalue weighted by atomic mass is 79.9. The van der Waals surface area contributed by atoms with E-state index in [1.54, 1.807) is 0 Å². The second kappa shape index (κ2) is 3.64. The van der Waals surface area contributed by atoms with E-state index in [4.69, 9.17) is 5.73 Å². The Hall–Kier alpha value is -0.980. The number of ether oxygens (including phenoxy) is 1. The van der Waals surface area contributed by atoms with Gasteiger partial charge in [-0.3, -0.25) is 0 Å². The van der Waals surface area contributed by atoms with Gasteiger partial charge in [-0.2, -0.15) is 0 Å². The van der Waals surface area contributed by atoms with Gasteiger partial charge in [0.25, 0.3) is 0 Å². The Morgan fingerprint density at radius 1 is 1.29 bits per heavy atom. The summed E-state index contributed by atoms with van der Waals surface area (Å²) in [6.45, 7) is 0. The van der Waals surface area contributed by atoms with Crippen LogP contribution < -0.4 is 10.5 Å². The number of nitrogens with two attached hydrogens (primary N) is 1. The molecule has 7 heteroatoms. The second-order valence-corrected chi connectivity index (χ2v) is 3.12. The van der Waals surface area contributed by atoms with Crippen molar-refractivity contribution >= 4 is 21.6 Å². The molecule has 0 spiro atoms. The summed E-state index contributed by atoms with van der Waals surface area (Å²) in [6, 6.07) is 1.92. The zero-order valence-corrected chi connectivity index (χ0v) is 8.12. The van der Waals surface area contributed by atoms with Gasteiger partial charge >= 0.3 is 6.36 Å². The maximum Gasteiger partial charge on any atom is 0.573 e. The van der Waals surface area contributed by atoms with Crippen LogP contribution in [0.2, 0.25) is 0 Å². The molecule has 0 saturated carbocycles. The molecule has 2 nitrogen and oxygen atoms in total. The Balaban J connectivity index is 3.13. The Labute approximate surface area is 84.8 Å². The van der Waals surface area contributed by atoms with E-state index in [2.05, 4.69) is 20.7 Å². The summed E-state index contributed by atoms with van der Waals surface area (Å²) in [5.41, 5.74) is 5.21. The number of anilines is 1. The lowest BCUT2D eigenvalue weighted by molar-refractivity contribution is -0.275. The van der Waals surface area contributed by atoms with Gasteiger partial charge < -0.3 is 10.5 Å². The summed E-state index contributed by atoms with van der Waals surface area (Å²) >= 11 is 2.69. The number of halogens is 5. The molecule has 0 saturated heterocycles. The number of nitrogen functional groups attached to an aromatic ring is 1. The van der Waals surface area contributed by atoms with Crippen LogP contribution in [0.1, 0.15) is 0 Å². The molecule has 0 atom stereocenters. The van der Waals surface area contributed by atoms with Crippen LogP contribution in [0.15, 0.2) is 16.6 Å². The first-order valence-corrected chi connectivity index (χ1v) is 4.10. The number of alkyl halides is 3. The van der Waals surface area contributed by atoms with Gasteiger partial charge in [0, 0.05) is 5.69 Å². The lowest BCUT2D eigenvalue weighted by atomic mass is 10.3. The molecule has 1 aromatic carbocycles. The number of rotatable bonds is 1. The second-order valence-electron chi connectivity index (χ2n) is 2.33. The lowest BCUT2D eigenvalue weighted by Gasteiger charge is -2.12. The third-order valence-corrected chi connectivity index (χ3v) is 2.11. The smallest absolute Gasteiger partial charge is 0.401 e. The van der Waals surface area contributed by atoms with E-state index < -0.39 is 17.9 Å². The average Bonchev–Trinajstić information content (AvgIpc) is 2.04. The highest BCUT2D eigenvalue weighted by molar-refractivity contribution is 9.10. The van der Waals surface area contributed by atoms with Crippen molar-refractivity contribution in [3.8, 4) is 5.75 Å². The van der Waals surface area contributed by atoms with Crippen molar-refractivity contribution in [1.29, 1.82) is 0 Å². The Morgan fingerprint density at radius 2 is 1.86 bits per heavy atom. The molecule has 0 aliphatic rings. The summed E-state index contributed by atoms with van der Waals surface area (Å²) in [7, 11) is 0. The molecule has 1 rings (SSSR count). The molecule has 0 heterocycles. The van der Waals surface area contributed by atoms with Crippen LogP contribution in [0.25, 0.3) is 0 Å². The summed E-state index contributed by atoms with van der Waals surface area (Å²) in [5.74, 6) is -2.10. The third kappa shape index (κ3) is 2.50. The van der Waals surface area contributed by atoms with Gasteiger partial charge in [0.05, 0.1) is 4.47 Å². The molecule has 0 bridgehead atoms. The Bertz CT molecular complexity index is 352. The van der Waals surface area contributed by atoms with Gasteiger partial charge in [-0.1, -0.05) is 0 Å². The average molecular weight is 274 g/mol. The summed E-state index contributed by atoms with van der Waals surface area (Å²) in [5, 5.41) is 0. The first-order chi connectivity index (χ1) is 6.31.